The van der Waals surface area contributed by atoms with E-state index in [0.29, 0.717) is 18.9 Å². The zero-order valence-corrected chi connectivity index (χ0v) is 13.1. The van der Waals surface area contributed by atoms with Crippen molar-refractivity contribution in [2.24, 2.45) is 0 Å². The number of carbonyl (C=O) groups is 1. The Morgan fingerprint density at radius 1 is 1.35 bits per heavy atom. The fourth-order valence-electron chi connectivity index (χ4n) is 2.02. The fraction of sp³-hybridized carbons (Fsp3) is 0.467. The Morgan fingerprint density at radius 3 is 2.74 bits per heavy atom. The van der Waals surface area contributed by atoms with Crippen LogP contribution < -0.4 is 10.6 Å². The normalized spacial score (nSPS) is 12.0. The van der Waals surface area contributed by atoms with Crippen LogP contribution in [0.5, 0.6) is 0 Å². The summed E-state index contributed by atoms with van der Waals surface area (Å²) in [4.78, 5) is 26.6. The van der Waals surface area contributed by atoms with Crippen molar-refractivity contribution in [3.8, 4) is 0 Å². The third kappa shape index (κ3) is 5.67. The molecular formula is C15H22N6O2. The highest BCUT2D eigenvalue weighted by Crippen LogP contribution is 2.03. The van der Waals surface area contributed by atoms with Crippen LogP contribution in [0.15, 0.2) is 24.9 Å². The first-order valence-electron chi connectivity index (χ1n) is 7.67. The number of H-pyrrole nitrogens is 1. The lowest BCUT2D eigenvalue weighted by atomic mass is 10.1. The van der Waals surface area contributed by atoms with Crippen molar-refractivity contribution in [2.45, 2.75) is 38.8 Å². The number of aromatic nitrogens is 4. The topological polar surface area (TPSA) is 116 Å². The van der Waals surface area contributed by atoms with Gasteiger partial charge in [0.1, 0.15) is 6.04 Å². The lowest BCUT2D eigenvalue weighted by molar-refractivity contribution is -0.139. The predicted molar refractivity (Wildman–Crippen MR) is 86.0 cm³/mol. The molecule has 0 amide bonds. The molecule has 0 saturated carbocycles. The minimum Gasteiger partial charge on any atom is -0.480 e. The molecule has 0 spiro atoms. The summed E-state index contributed by atoms with van der Waals surface area (Å²) in [5, 5.41) is 15.4. The van der Waals surface area contributed by atoms with Crippen molar-refractivity contribution in [1.82, 2.24) is 25.3 Å². The lowest BCUT2D eigenvalue weighted by Crippen LogP contribution is -2.38. The molecule has 0 radical (unpaired) electrons. The lowest BCUT2D eigenvalue weighted by Gasteiger charge is -2.13. The van der Waals surface area contributed by atoms with Crippen molar-refractivity contribution in [3.05, 3.63) is 36.2 Å². The molecule has 0 fully saturated rings. The van der Waals surface area contributed by atoms with Gasteiger partial charge in [-0.3, -0.25) is 10.1 Å². The summed E-state index contributed by atoms with van der Waals surface area (Å²) < 4.78 is 0. The van der Waals surface area contributed by atoms with E-state index in [-0.39, 0.29) is 0 Å². The number of hydrogen-bond donors (Lipinski definition) is 4. The minimum atomic E-state index is -0.904. The molecule has 23 heavy (non-hydrogen) atoms. The quantitative estimate of drug-likeness (QED) is 0.486. The van der Waals surface area contributed by atoms with Gasteiger partial charge in [-0.05, 0) is 6.42 Å². The number of aliphatic carboxylic acids is 1. The molecule has 0 bridgehead atoms. The standard InChI is InChI=1S/C15H22N6O2/c1-2-3-4-17-15-19-7-11(8-20-15)6-18-13(14(22)23)5-12-9-16-10-21-12/h7-10,13,18H,2-6H2,1H3,(H,16,21)(H,22,23)(H,17,19,20). The highest BCUT2D eigenvalue weighted by molar-refractivity contribution is 5.73. The summed E-state index contributed by atoms with van der Waals surface area (Å²) in [5.41, 5.74) is 1.61. The van der Waals surface area contributed by atoms with Crippen LogP contribution in [0.25, 0.3) is 0 Å². The molecule has 0 aliphatic heterocycles. The zero-order valence-electron chi connectivity index (χ0n) is 13.1. The van der Waals surface area contributed by atoms with Crippen molar-refractivity contribution in [2.75, 3.05) is 11.9 Å². The number of nitrogens with one attached hydrogen (secondary N) is 3. The van der Waals surface area contributed by atoms with Gasteiger partial charge in [0.2, 0.25) is 5.95 Å². The van der Waals surface area contributed by atoms with E-state index < -0.39 is 12.0 Å². The van der Waals surface area contributed by atoms with E-state index in [1.165, 1.54) is 6.33 Å². The maximum absolute atomic E-state index is 11.3. The number of carboxylic acid groups (broad SMARTS) is 1. The zero-order chi connectivity index (χ0) is 16.5. The maximum Gasteiger partial charge on any atom is 0.321 e. The van der Waals surface area contributed by atoms with Gasteiger partial charge < -0.3 is 15.4 Å². The summed E-state index contributed by atoms with van der Waals surface area (Å²) >= 11 is 0. The van der Waals surface area contributed by atoms with Gasteiger partial charge in [0.05, 0.1) is 6.33 Å². The van der Waals surface area contributed by atoms with Gasteiger partial charge in [-0.15, -0.1) is 0 Å². The number of hydrogen-bond acceptors (Lipinski definition) is 6. The predicted octanol–water partition coefficient (Wildman–Crippen LogP) is 1.20. The van der Waals surface area contributed by atoms with Gasteiger partial charge in [0.25, 0.3) is 0 Å². The van der Waals surface area contributed by atoms with Crippen LogP contribution in [0.3, 0.4) is 0 Å². The van der Waals surface area contributed by atoms with Gasteiger partial charge in [-0.1, -0.05) is 13.3 Å². The number of carboxylic acids is 1. The molecule has 0 aromatic carbocycles. The number of aromatic amines is 1. The van der Waals surface area contributed by atoms with E-state index in [1.54, 1.807) is 18.6 Å². The van der Waals surface area contributed by atoms with E-state index in [2.05, 4.69) is 37.5 Å². The monoisotopic (exact) mass is 318 g/mol. The molecule has 2 aromatic rings. The number of anilines is 1. The van der Waals surface area contributed by atoms with Crippen LogP contribution in [0.2, 0.25) is 0 Å². The van der Waals surface area contributed by atoms with Gasteiger partial charge in [-0.25, -0.2) is 15.0 Å². The van der Waals surface area contributed by atoms with E-state index in [1.807, 2.05) is 0 Å². The van der Waals surface area contributed by atoms with Crippen LogP contribution in [0, 0.1) is 0 Å². The second-order valence-electron chi connectivity index (χ2n) is 5.25. The van der Waals surface area contributed by atoms with E-state index in [4.69, 9.17) is 0 Å². The number of rotatable bonds is 10. The molecule has 0 saturated heterocycles. The van der Waals surface area contributed by atoms with Crippen LogP contribution in [0.4, 0.5) is 5.95 Å². The molecule has 8 nitrogen and oxygen atoms in total. The first-order valence-corrected chi connectivity index (χ1v) is 7.67. The Labute approximate surface area is 134 Å². The second-order valence-corrected chi connectivity index (χ2v) is 5.25. The molecule has 0 aliphatic carbocycles. The van der Waals surface area contributed by atoms with E-state index in [0.717, 1.165) is 30.6 Å². The average Bonchev–Trinajstić information content (AvgIpc) is 3.06. The highest BCUT2D eigenvalue weighted by Gasteiger charge is 2.18. The van der Waals surface area contributed by atoms with Crippen molar-refractivity contribution >= 4 is 11.9 Å². The highest BCUT2D eigenvalue weighted by atomic mass is 16.4. The molecule has 1 unspecified atom stereocenters. The molecule has 124 valence electrons. The molecular weight excluding hydrogens is 296 g/mol. The average molecular weight is 318 g/mol. The Kier molecular flexibility index (Phi) is 6.49. The maximum atomic E-state index is 11.3. The molecule has 0 aliphatic rings. The molecule has 8 heteroatoms. The summed E-state index contributed by atoms with van der Waals surface area (Å²) in [5.74, 6) is -0.312. The first kappa shape index (κ1) is 16.9. The Hall–Kier alpha value is -2.48. The third-order valence-corrected chi connectivity index (χ3v) is 3.35. The molecule has 2 aromatic heterocycles. The van der Waals surface area contributed by atoms with Gasteiger partial charge >= 0.3 is 5.97 Å². The van der Waals surface area contributed by atoms with Gasteiger partial charge in [-0.2, -0.15) is 0 Å². The van der Waals surface area contributed by atoms with Crippen LogP contribution in [0.1, 0.15) is 31.0 Å². The molecule has 2 rings (SSSR count). The summed E-state index contributed by atoms with van der Waals surface area (Å²) in [6.45, 7) is 3.36. The number of unbranched alkanes of at least 4 members (excludes halogenated alkanes) is 1. The first-order chi connectivity index (χ1) is 11.2. The minimum absolute atomic E-state index is 0.340. The van der Waals surface area contributed by atoms with Crippen molar-refractivity contribution in [1.29, 1.82) is 0 Å². The Morgan fingerprint density at radius 2 is 2.13 bits per heavy atom. The fourth-order valence-corrected chi connectivity index (χ4v) is 2.02. The molecule has 4 N–H and O–H groups in total. The van der Waals surface area contributed by atoms with Crippen LogP contribution in [-0.4, -0.2) is 43.6 Å². The Balaban J connectivity index is 1.84. The van der Waals surface area contributed by atoms with Gasteiger partial charge in [0.15, 0.2) is 0 Å². The third-order valence-electron chi connectivity index (χ3n) is 3.35. The largest absolute Gasteiger partial charge is 0.480 e. The summed E-state index contributed by atoms with van der Waals surface area (Å²) in [6.07, 6.45) is 9.08. The van der Waals surface area contributed by atoms with Gasteiger partial charge in [0, 0.05) is 49.4 Å². The second kappa shape index (κ2) is 8.84. The number of imidazole rings is 1. The molecule has 1 atom stereocenters. The Bertz CT molecular complexity index is 585. The summed E-state index contributed by atoms with van der Waals surface area (Å²) in [7, 11) is 0. The van der Waals surface area contributed by atoms with E-state index >= 15 is 0 Å². The van der Waals surface area contributed by atoms with Crippen LogP contribution in [-0.2, 0) is 17.8 Å². The van der Waals surface area contributed by atoms with Crippen molar-refractivity contribution < 1.29 is 9.90 Å². The van der Waals surface area contributed by atoms with Crippen molar-refractivity contribution in [3.63, 3.8) is 0 Å². The van der Waals surface area contributed by atoms with Crippen LogP contribution >= 0.6 is 0 Å². The smallest absolute Gasteiger partial charge is 0.321 e. The SMILES string of the molecule is CCCCNc1ncc(CNC(Cc2cnc[nH]2)C(=O)O)cn1. The molecule has 2 heterocycles. The summed E-state index contributed by atoms with van der Waals surface area (Å²) in [6, 6.07) is -0.696. The van der Waals surface area contributed by atoms with E-state index in [9.17, 15) is 9.90 Å². The number of nitrogens with zero attached hydrogens (tertiary/aromatic N) is 3.